The second kappa shape index (κ2) is 8.12. The molecule has 2 aromatic rings. The molecule has 1 atom stereocenters. The predicted octanol–water partition coefficient (Wildman–Crippen LogP) is 4.44. The van der Waals surface area contributed by atoms with E-state index >= 15 is 0 Å². The maximum absolute atomic E-state index is 13.5. The number of benzene rings is 2. The maximum atomic E-state index is 13.5. The van der Waals surface area contributed by atoms with E-state index in [1.807, 2.05) is 13.8 Å². The molecule has 0 unspecified atom stereocenters. The Morgan fingerprint density at radius 3 is 2.29 bits per heavy atom. The lowest BCUT2D eigenvalue weighted by molar-refractivity contribution is -0.385. The Kier molecular flexibility index (Phi) is 5.41. The zero-order chi connectivity index (χ0) is 24.8. The first-order chi connectivity index (χ1) is 16.0. The van der Waals surface area contributed by atoms with Gasteiger partial charge in [0.15, 0.2) is 5.78 Å². The van der Waals surface area contributed by atoms with Gasteiger partial charge in [0.05, 0.1) is 27.4 Å². The van der Waals surface area contributed by atoms with E-state index in [1.54, 1.807) is 11.0 Å². The van der Waals surface area contributed by atoms with Crippen molar-refractivity contribution in [3.63, 3.8) is 0 Å². The summed E-state index contributed by atoms with van der Waals surface area (Å²) in [6.07, 6.45) is 0.694. The van der Waals surface area contributed by atoms with Gasteiger partial charge in [-0.25, -0.2) is 0 Å². The summed E-state index contributed by atoms with van der Waals surface area (Å²) < 4.78 is 0. The van der Waals surface area contributed by atoms with Gasteiger partial charge in [-0.05, 0) is 29.5 Å². The summed E-state index contributed by atoms with van der Waals surface area (Å²) in [6, 6.07) is 13.7. The van der Waals surface area contributed by atoms with Gasteiger partial charge in [0, 0.05) is 47.6 Å². The largest absolute Gasteiger partial charge is 0.384 e. The van der Waals surface area contributed by atoms with Crippen molar-refractivity contribution in [2.24, 2.45) is 11.1 Å². The molecule has 1 heterocycles. The van der Waals surface area contributed by atoms with Crippen LogP contribution < -0.4 is 10.6 Å². The van der Waals surface area contributed by atoms with Crippen LogP contribution in [0, 0.1) is 37.0 Å². The third kappa shape index (κ3) is 3.77. The maximum Gasteiger partial charge on any atom is 0.269 e. The van der Waals surface area contributed by atoms with E-state index in [0.717, 1.165) is 0 Å². The lowest BCUT2D eigenvalue weighted by Gasteiger charge is -2.43. The molecule has 0 radical (unpaired) electrons. The van der Waals surface area contributed by atoms with E-state index in [2.05, 4.69) is 6.07 Å². The van der Waals surface area contributed by atoms with Gasteiger partial charge < -0.3 is 5.73 Å². The number of non-ortho nitro benzene ring substituents is 2. The average Bonchev–Trinajstić information content (AvgIpc) is 2.77. The molecule has 2 aliphatic rings. The molecule has 0 saturated heterocycles. The van der Waals surface area contributed by atoms with Crippen molar-refractivity contribution in [1.82, 2.24) is 0 Å². The summed E-state index contributed by atoms with van der Waals surface area (Å²) in [5, 5.41) is 32.5. The van der Waals surface area contributed by atoms with E-state index in [1.165, 1.54) is 42.5 Å². The van der Waals surface area contributed by atoms with Crippen molar-refractivity contribution < 1.29 is 14.6 Å². The van der Waals surface area contributed by atoms with Crippen LogP contribution in [0.1, 0.15) is 38.2 Å². The monoisotopic (exact) mass is 459 g/mol. The Morgan fingerprint density at radius 2 is 1.71 bits per heavy atom. The van der Waals surface area contributed by atoms with E-state index in [4.69, 9.17) is 5.73 Å². The summed E-state index contributed by atoms with van der Waals surface area (Å²) in [6.45, 7) is 3.90. The number of allylic oxidation sites excluding steroid dienone is 3. The van der Waals surface area contributed by atoms with E-state index in [0.29, 0.717) is 28.9 Å². The summed E-state index contributed by atoms with van der Waals surface area (Å²) in [4.78, 5) is 36.5. The number of anilines is 1. The van der Waals surface area contributed by atoms with Crippen LogP contribution in [-0.2, 0) is 4.79 Å². The molecule has 10 heteroatoms. The topological polar surface area (TPSA) is 156 Å². The molecule has 0 spiro atoms. The lowest BCUT2D eigenvalue weighted by Crippen LogP contribution is -2.42. The molecule has 1 aliphatic heterocycles. The Bertz CT molecular complexity index is 1330. The van der Waals surface area contributed by atoms with Gasteiger partial charge in [0.1, 0.15) is 5.82 Å². The van der Waals surface area contributed by atoms with Gasteiger partial charge in [0.25, 0.3) is 11.4 Å². The molecule has 2 N–H and O–H groups in total. The molecule has 2 aromatic carbocycles. The molecular weight excluding hydrogens is 438 g/mol. The molecule has 0 amide bonds. The van der Waals surface area contributed by atoms with E-state index in [9.17, 15) is 30.3 Å². The zero-order valence-electron chi connectivity index (χ0n) is 18.5. The number of nitro groups is 2. The number of hydrogen-bond donors (Lipinski definition) is 1. The van der Waals surface area contributed by atoms with Crippen molar-refractivity contribution in [2.45, 2.75) is 32.6 Å². The summed E-state index contributed by atoms with van der Waals surface area (Å²) in [5.41, 5.74) is 7.79. The fourth-order valence-corrected chi connectivity index (χ4v) is 4.68. The van der Waals surface area contributed by atoms with Gasteiger partial charge in [0.2, 0.25) is 0 Å². The molecule has 0 fully saturated rings. The van der Waals surface area contributed by atoms with Crippen LogP contribution in [0.3, 0.4) is 0 Å². The Hall–Kier alpha value is -4.52. The highest BCUT2D eigenvalue weighted by Crippen LogP contribution is 2.50. The molecule has 172 valence electrons. The second-order valence-electron chi connectivity index (χ2n) is 9.11. The van der Waals surface area contributed by atoms with Gasteiger partial charge in [-0.2, -0.15) is 5.26 Å². The highest BCUT2D eigenvalue weighted by atomic mass is 16.6. The summed E-state index contributed by atoms with van der Waals surface area (Å²) in [5.74, 6) is -0.940. The first-order valence-electron chi connectivity index (χ1n) is 10.5. The number of hydrogen-bond acceptors (Lipinski definition) is 8. The highest BCUT2D eigenvalue weighted by Gasteiger charge is 2.44. The van der Waals surface area contributed by atoms with Crippen molar-refractivity contribution in [1.29, 1.82) is 5.26 Å². The summed E-state index contributed by atoms with van der Waals surface area (Å²) in [7, 11) is 0. The average molecular weight is 459 g/mol. The number of Topliss-reactive ketones (excluding diaryl/α,β-unsaturated/α-hetero) is 1. The molecular formula is C24H21N5O5. The number of nitrogens with two attached hydrogens (primary N) is 1. The van der Waals surface area contributed by atoms with Crippen LogP contribution in [0.5, 0.6) is 0 Å². The normalized spacial score (nSPS) is 19.5. The Morgan fingerprint density at radius 1 is 1.06 bits per heavy atom. The SMILES string of the molecule is CC1(C)CC(=O)C2=C(C1)N(c1ccc([N+](=O)[O-])cc1)C(N)=C(C#N)[C@@H]2c1cccc([N+](=O)[O-])c1. The smallest absolute Gasteiger partial charge is 0.269 e. The van der Waals surface area contributed by atoms with Crippen molar-refractivity contribution in [3.8, 4) is 6.07 Å². The number of ketones is 1. The lowest BCUT2D eigenvalue weighted by atomic mass is 9.68. The second-order valence-corrected chi connectivity index (χ2v) is 9.11. The van der Waals surface area contributed by atoms with Crippen molar-refractivity contribution >= 4 is 22.8 Å². The standard InChI is InChI=1S/C24H21N5O5/c1-24(2)11-19-22(20(30)12-24)21(14-4-3-5-17(10-14)29(33)34)18(13-25)23(26)27(19)15-6-8-16(9-7-15)28(31)32/h3-10,21H,11-12,26H2,1-2H3/t21-/m0/s1. The molecule has 1 aliphatic carbocycles. The number of nitriles is 1. The van der Waals surface area contributed by atoms with Gasteiger partial charge in [-0.1, -0.05) is 26.0 Å². The number of nitrogens with zero attached hydrogens (tertiary/aromatic N) is 4. The molecule has 0 bridgehead atoms. The minimum Gasteiger partial charge on any atom is -0.384 e. The van der Waals surface area contributed by atoms with Crippen LogP contribution >= 0.6 is 0 Å². The summed E-state index contributed by atoms with van der Waals surface area (Å²) >= 11 is 0. The van der Waals surface area contributed by atoms with Crippen molar-refractivity contribution in [3.05, 3.63) is 97.0 Å². The minimum absolute atomic E-state index is 0.0807. The third-order valence-electron chi connectivity index (χ3n) is 6.11. The third-order valence-corrected chi connectivity index (χ3v) is 6.11. The Labute approximate surface area is 194 Å². The van der Waals surface area contributed by atoms with Crippen LogP contribution in [-0.4, -0.2) is 15.6 Å². The molecule has 0 aromatic heterocycles. The van der Waals surface area contributed by atoms with Crippen LogP contribution in [0.15, 0.2) is 71.2 Å². The Balaban J connectivity index is 1.97. The molecule has 4 rings (SSSR count). The first kappa shape index (κ1) is 22.7. The van der Waals surface area contributed by atoms with Gasteiger partial charge in [-0.3, -0.25) is 29.9 Å². The van der Waals surface area contributed by atoms with Crippen LogP contribution in [0.25, 0.3) is 0 Å². The molecule has 34 heavy (non-hydrogen) atoms. The highest BCUT2D eigenvalue weighted by molar-refractivity contribution is 6.01. The number of carbonyl (C=O) groups is 1. The fraction of sp³-hybridized carbons (Fsp3) is 0.250. The van der Waals surface area contributed by atoms with Crippen LogP contribution in [0.4, 0.5) is 17.1 Å². The van der Waals surface area contributed by atoms with E-state index < -0.39 is 21.2 Å². The zero-order valence-corrected chi connectivity index (χ0v) is 18.5. The number of rotatable bonds is 4. The van der Waals surface area contributed by atoms with E-state index in [-0.39, 0.29) is 35.0 Å². The van der Waals surface area contributed by atoms with Gasteiger partial charge in [-0.15, -0.1) is 0 Å². The number of carbonyl (C=O) groups excluding carboxylic acids is 1. The first-order valence-corrected chi connectivity index (χ1v) is 10.5. The fourth-order valence-electron chi connectivity index (χ4n) is 4.68. The number of nitro benzene ring substituents is 2. The minimum atomic E-state index is -0.849. The van der Waals surface area contributed by atoms with Crippen LogP contribution in [0.2, 0.25) is 0 Å². The van der Waals surface area contributed by atoms with Crippen molar-refractivity contribution in [2.75, 3.05) is 4.90 Å². The van der Waals surface area contributed by atoms with Gasteiger partial charge >= 0.3 is 0 Å². The quantitative estimate of drug-likeness (QED) is 0.519. The predicted molar refractivity (Wildman–Crippen MR) is 123 cm³/mol. The molecule has 0 saturated carbocycles. The molecule has 10 nitrogen and oxygen atoms in total.